The van der Waals surface area contributed by atoms with Gasteiger partial charge in [-0.05, 0) is 55.3 Å². The molecular weight excluding hydrogens is 358 g/mol. The van der Waals surface area contributed by atoms with Gasteiger partial charge in [0.05, 0.1) is 0 Å². The summed E-state index contributed by atoms with van der Waals surface area (Å²) in [6.45, 7) is 4.25. The molecule has 0 aliphatic rings. The van der Waals surface area contributed by atoms with Gasteiger partial charge in [-0.1, -0.05) is 15.9 Å². The Morgan fingerprint density at radius 2 is 1.96 bits per heavy atom. The second-order valence-corrected chi connectivity index (χ2v) is 6.35. The van der Waals surface area contributed by atoms with E-state index < -0.39 is 5.63 Å². The molecule has 2 N–H and O–H groups in total. The monoisotopic (exact) mass is 373 g/mol. The quantitative estimate of drug-likeness (QED) is 0.663. The van der Waals surface area contributed by atoms with E-state index in [2.05, 4.69) is 21.2 Å². The number of benzene rings is 2. The molecule has 0 saturated heterocycles. The van der Waals surface area contributed by atoms with Gasteiger partial charge in [0.1, 0.15) is 11.3 Å². The Kier molecular flexibility index (Phi) is 4.13. The summed E-state index contributed by atoms with van der Waals surface area (Å²) in [7, 11) is 0. The van der Waals surface area contributed by atoms with Gasteiger partial charge in [-0.25, -0.2) is 4.79 Å². The Bertz CT molecular complexity index is 947. The third kappa shape index (κ3) is 3.10. The number of fused-ring (bicyclic) bond motifs is 1. The number of nitrogens with one attached hydrogen (secondary N) is 1. The first-order valence-electron chi connectivity index (χ1n) is 7.21. The molecule has 4 nitrogen and oxygen atoms in total. The molecule has 0 bridgehead atoms. The highest BCUT2D eigenvalue weighted by Gasteiger charge is 2.10. The van der Waals surface area contributed by atoms with E-state index in [9.17, 15) is 9.90 Å². The number of hydrogen-bond donors (Lipinski definition) is 2. The van der Waals surface area contributed by atoms with Gasteiger partial charge in [0, 0.05) is 33.7 Å². The summed E-state index contributed by atoms with van der Waals surface area (Å²) in [5, 5.41) is 13.9. The second-order valence-electron chi connectivity index (χ2n) is 5.49. The molecule has 118 valence electrons. The van der Waals surface area contributed by atoms with E-state index in [0.717, 1.165) is 26.7 Å². The van der Waals surface area contributed by atoms with Crippen molar-refractivity contribution >= 4 is 32.6 Å². The molecule has 3 aromatic rings. The van der Waals surface area contributed by atoms with Crippen LogP contribution in [0.5, 0.6) is 5.75 Å². The molecule has 0 radical (unpaired) electrons. The first-order chi connectivity index (χ1) is 11.0. The van der Waals surface area contributed by atoms with E-state index in [1.807, 2.05) is 25.1 Å². The Labute approximate surface area is 141 Å². The van der Waals surface area contributed by atoms with Crippen LogP contribution in [0.2, 0.25) is 0 Å². The normalized spacial score (nSPS) is 10.9. The van der Waals surface area contributed by atoms with Crippen molar-refractivity contribution in [2.24, 2.45) is 0 Å². The SMILES string of the molecule is Cc1cc(NCc2cc(=O)oc3c(C)c(O)ccc23)ccc1Br. The Hall–Kier alpha value is -2.27. The second kappa shape index (κ2) is 6.08. The summed E-state index contributed by atoms with van der Waals surface area (Å²) in [6.07, 6.45) is 0. The molecule has 23 heavy (non-hydrogen) atoms. The molecule has 1 aromatic heterocycles. The number of halogens is 1. The molecule has 0 atom stereocenters. The first-order valence-corrected chi connectivity index (χ1v) is 8.00. The fourth-order valence-corrected chi connectivity index (χ4v) is 2.76. The lowest BCUT2D eigenvalue weighted by Gasteiger charge is -2.11. The highest BCUT2D eigenvalue weighted by Crippen LogP contribution is 2.28. The van der Waals surface area contributed by atoms with Crippen molar-refractivity contribution < 1.29 is 9.52 Å². The summed E-state index contributed by atoms with van der Waals surface area (Å²) in [5.41, 5.74) is 3.52. The van der Waals surface area contributed by atoms with Crippen molar-refractivity contribution in [1.29, 1.82) is 0 Å². The molecule has 0 aliphatic carbocycles. The summed E-state index contributed by atoms with van der Waals surface area (Å²) < 4.78 is 6.31. The van der Waals surface area contributed by atoms with Gasteiger partial charge in [-0.3, -0.25) is 0 Å². The maximum Gasteiger partial charge on any atom is 0.336 e. The molecule has 0 amide bonds. The standard InChI is InChI=1S/C18H16BrNO3/c1-10-7-13(3-5-15(10)19)20-9-12-8-17(22)23-18-11(2)16(21)6-4-14(12)18/h3-8,20-21H,9H2,1-2H3. The predicted octanol–water partition coefficient (Wildman–Crippen LogP) is 4.49. The molecule has 5 heteroatoms. The van der Waals surface area contributed by atoms with Gasteiger partial charge in [-0.15, -0.1) is 0 Å². The van der Waals surface area contributed by atoms with E-state index in [4.69, 9.17) is 4.42 Å². The third-order valence-corrected chi connectivity index (χ3v) is 4.75. The van der Waals surface area contributed by atoms with Gasteiger partial charge >= 0.3 is 5.63 Å². The molecule has 0 fully saturated rings. The summed E-state index contributed by atoms with van der Waals surface area (Å²) in [4.78, 5) is 11.8. The predicted molar refractivity (Wildman–Crippen MR) is 95.1 cm³/mol. The van der Waals surface area contributed by atoms with Crippen LogP contribution in [0.3, 0.4) is 0 Å². The number of phenolic OH excluding ortho intramolecular Hbond substituents is 1. The van der Waals surface area contributed by atoms with Crippen LogP contribution < -0.4 is 10.9 Å². The van der Waals surface area contributed by atoms with Crippen LogP contribution in [0.15, 0.2) is 50.1 Å². The highest BCUT2D eigenvalue weighted by atomic mass is 79.9. The van der Waals surface area contributed by atoms with Crippen LogP contribution in [0.4, 0.5) is 5.69 Å². The molecule has 0 saturated carbocycles. The Morgan fingerprint density at radius 3 is 2.70 bits per heavy atom. The topological polar surface area (TPSA) is 62.5 Å². The third-order valence-electron chi connectivity index (χ3n) is 3.86. The summed E-state index contributed by atoms with van der Waals surface area (Å²) >= 11 is 3.48. The zero-order valence-corrected chi connectivity index (χ0v) is 14.4. The Balaban J connectivity index is 1.98. The van der Waals surface area contributed by atoms with Crippen LogP contribution in [0, 0.1) is 13.8 Å². The zero-order valence-electron chi connectivity index (χ0n) is 12.8. The largest absolute Gasteiger partial charge is 0.508 e. The minimum absolute atomic E-state index is 0.120. The summed E-state index contributed by atoms with van der Waals surface area (Å²) in [6, 6.07) is 10.9. The lowest BCUT2D eigenvalue weighted by atomic mass is 10.1. The number of phenols is 1. The molecule has 0 spiro atoms. The van der Waals surface area contributed by atoms with Crippen molar-refractivity contribution in [2.75, 3.05) is 5.32 Å². The molecule has 2 aromatic carbocycles. The average Bonchev–Trinajstić information content (AvgIpc) is 2.52. The average molecular weight is 374 g/mol. The maximum atomic E-state index is 11.8. The van der Waals surface area contributed by atoms with Crippen molar-refractivity contribution in [3.63, 3.8) is 0 Å². The van der Waals surface area contributed by atoms with E-state index in [1.165, 1.54) is 6.07 Å². The van der Waals surface area contributed by atoms with Crippen LogP contribution in [0.1, 0.15) is 16.7 Å². The molecule has 3 rings (SSSR count). The molecular formula is C18H16BrNO3. The minimum Gasteiger partial charge on any atom is -0.508 e. The van der Waals surface area contributed by atoms with Crippen molar-refractivity contribution in [1.82, 2.24) is 0 Å². The fraction of sp³-hybridized carbons (Fsp3) is 0.167. The van der Waals surface area contributed by atoms with Crippen molar-refractivity contribution in [2.45, 2.75) is 20.4 Å². The maximum absolute atomic E-state index is 11.8. The molecule has 1 heterocycles. The number of aryl methyl sites for hydroxylation is 2. The van der Waals surface area contributed by atoms with Gasteiger partial charge in [0.25, 0.3) is 0 Å². The minimum atomic E-state index is -0.421. The smallest absolute Gasteiger partial charge is 0.336 e. The van der Waals surface area contributed by atoms with Crippen LogP contribution >= 0.6 is 15.9 Å². The van der Waals surface area contributed by atoms with E-state index in [1.54, 1.807) is 19.1 Å². The number of rotatable bonds is 3. The number of hydrogen-bond acceptors (Lipinski definition) is 4. The summed E-state index contributed by atoms with van der Waals surface area (Å²) in [5.74, 6) is 0.120. The number of anilines is 1. The van der Waals surface area contributed by atoms with Crippen molar-refractivity contribution in [3.05, 3.63) is 68.0 Å². The van der Waals surface area contributed by atoms with Gasteiger partial charge in [0.15, 0.2) is 0 Å². The van der Waals surface area contributed by atoms with Crippen LogP contribution in [-0.2, 0) is 6.54 Å². The van der Waals surface area contributed by atoms with Crippen LogP contribution in [0.25, 0.3) is 11.0 Å². The van der Waals surface area contributed by atoms with Gasteiger partial charge in [0.2, 0.25) is 0 Å². The first kappa shape index (κ1) is 15.6. The van der Waals surface area contributed by atoms with E-state index in [0.29, 0.717) is 17.7 Å². The van der Waals surface area contributed by atoms with Gasteiger partial charge < -0.3 is 14.8 Å². The lowest BCUT2D eigenvalue weighted by molar-refractivity contribution is 0.468. The number of aromatic hydroxyl groups is 1. The highest BCUT2D eigenvalue weighted by molar-refractivity contribution is 9.10. The fourth-order valence-electron chi connectivity index (χ4n) is 2.51. The Morgan fingerprint density at radius 1 is 1.17 bits per heavy atom. The lowest BCUT2D eigenvalue weighted by Crippen LogP contribution is -2.06. The van der Waals surface area contributed by atoms with Crippen molar-refractivity contribution in [3.8, 4) is 5.75 Å². The van der Waals surface area contributed by atoms with Gasteiger partial charge in [-0.2, -0.15) is 0 Å². The molecule has 0 unspecified atom stereocenters. The van der Waals surface area contributed by atoms with E-state index in [-0.39, 0.29) is 5.75 Å². The molecule has 0 aliphatic heterocycles. The zero-order chi connectivity index (χ0) is 16.6. The van der Waals surface area contributed by atoms with Crippen LogP contribution in [-0.4, -0.2) is 5.11 Å². The van der Waals surface area contributed by atoms with E-state index >= 15 is 0 Å².